The zero-order valence-electron chi connectivity index (χ0n) is 20.2. The first-order valence-electron chi connectivity index (χ1n) is 12.0. The van der Waals surface area contributed by atoms with E-state index >= 15 is 0 Å². The van der Waals surface area contributed by atoms with Gasteiger partial charge in [0.15, 0.2) is 17.9 Å². The van der Waals surface area contributed by atoms with Crippen LogP contribution in [0.2, 0.25) is 0 Å². The molecule has 3 heterocycles. The van der Waals surface area contributed by atoms with E-state index in [1.807, 2.05) is 36.4 Å². The van der Waals surface area contributed by atoms with Crippen LogP contribution in [0.3, 0.4) is 0 Å². The van der Waals surface area contributed by atoms with Crippen molar-refractivity contribution in [3.05, 3.63) is 83.7 Å². The van der Waals surface area contributed by atoms with Crippen LogP contribution in [0.5, 0.6) is 5.75 Å². The molecule has 5 rings (SSSR count). The van der Waals surface area contributed by atoms with Gasteiger partial charge in [0.05, 0.1) is 11.9 Å². The monoisotopic (exact) mass is 520 g/mol. The number of rotatable bonds is 6. The molecule has 194 valence electrons. The number of alkyl halides is 3. The topological polar surface area (TPSA) is 86.8 Å². The largest absolute Gasteiger partial charge is 0.479 e. The Hall–Kier alpha value is -4.43. The summed E-state index contributed by atoms with van der Waals surface area (Å²) in [6.45, 7) is 2.79. The molecule has 11 heteroatoms. The molecule has 0 saturated carbocycles. The van der Waals surface area contributed by atoms with Crippen molar-refractivity contribution < 1.29 is 22.7 Å². The van der Waals surface area contributed by atoms with Crippen LogP contribution in [0.4, 0.5) is 13.2 Å². The van der Waals surface area contributed by atoms with Gasteiger partial charge in [0.2, 0.25) is 0 Å². The molecule has 38 heavy (non-hydrogen) atoms. The summed E-state index contributed by atoms with van der Waals surface area (Å²) in [6.07, 6.45) is -3.57. The fourth-order valence-electron chi connectivity index (χ4n) is 4.42. The number of hydrogen-bond acceptors (Lipinski definition) is 6. The summed E-state index contributed by atoms with van der Waals surface area (Å²) in [6, 6.07) is 19.0. The minimum atomic E-state index is -4.72. The van der Waals surface area contributed by atoms with Crippen LogP contribution >= 0.6 is 0 Å². The number of hydrogen-bond donors (Lipinski definition) is 0. The first kappa shape index (κ1) is 25.2. The van der Waals surface area contributed by atoms with Crippen LogP contribution in [0, 0.1) is 11.3 Å². The number of carbonyl (C=O) groups is 1. The number of piperazine rings is 1. The van der Waals surface area contributed by atoms with Gasteiger partial charge in [-0.1, -0.05) is 30.3 Å². The van der Waals surface area contributed by atoms with Gasteiger partial charge in [-0.3, -0.25) is 9.69 Å². The second-order valence-electron chi connectivity index (χ2n) is 8.84. The maximum atomic E-state index is 14.0. The van der Waals surface area contributed by atoms with E-state index in [4.69, 9.17) is 10.00 Å². The number of fused-ring (bicyclic) bond motifs is 1. The van der Waals surface area contributed by atoms with Crippen molar-refractivity contribution in [1.29, 1.82) is 5.26 Å². The smallest absolute Gasteiger partial charge is 0.433 e. The molecule has 1 saturated heterocycles. The third-order valence-electron chi connectivity index (χ3n) is 6.35. The van der Waals surface area contributed by atoms with Gasteiger partial charge in [0.1, 0.15) is 17.4 Å². The molecule has 1 aliphatic rings. The normalized spacial score (nSPS) is 14.4. The maximum Gasteiger partial charge on any atom is 0.433 e. The summed E-state index contributed by atoms with van der Waals surface area (Å²) in [4.78, 5) is 21.7. The van der Waals surface area contributed by atoms with Crippen molar-refractivity contribution in [2.24, 2.45) is 0 Å². The Labute approximate surface area is 216 Å². The van der Waals surface area contributed by atoms with Gasteiger partial charge in [-0.05, 0) is 35.9 Å². The fourth-order valence-corrected chi connectivity index (χ4v) is 4.42. The molecule has 0 unspecified atom stereocenters. The molecular weight excluding hydrogens is 497 g/mol. The molecule has 2 aromatic heterocycles. The Bertz CT molecular complexity index is 1470. The fraction of sp³-hybridized carbons (Fsp3) is 0.259. The molecule has 0 bridgehead atoms. The van der Waals surface area contributed by atoms with Gasteiger partial charge in [0, 0.05) is 38.3 Å². The van der Waals surface area contributed by atoms with Crippen LogP contribution in [0.15, 0.2) is 66.9 Å². The van der Waals surface area contributed by atoms with Gasteiger partial charge < -0.3 is 9.64 Å². The molecule has 0 radical (unpaired) electrons. The van der Waals surface area contributed by atoms with Crippen molar-refractivity contribution in [3.8, 4) is 23.1 Å². The molecule has 4 aromatic rings. The van der Waals surface area contributed by atoms with Crippen molar-refractivity contribution >= 4 is 11.6 Å². The zero-order chi connectivity index (χ0) is 26.7. The van der Waals surface area contributed by atoms with E-state index in [9.17, 15) is 18.0 Å². The molecule has 1 fully saturated rings. The van der Waals surface area contributed by atoms with Crippen molar-refractivity contribution in [2.75, 3.05) is 32.8 Å². The third-order valence-corrected chi connectivity index (χ3v) is 6.35. The summed E-state index contributed by atoms with van der Waals surface area (Å²) in [5, 5.41) is 12.5. The average molecular weight is 521 g/mol. The number of nitriles is 1. The van der Waals surface area contributed by atoms with Crippen LogP contribution in [0.25, 0.3) is 16.9 Å². The van der Waals surface area contributed by atoms with Crippen LogP contribution in [0.1, 0.15) is 21.6 Å². The zero-order valence-corrected chi connectivity index (χ0v) is 20.2. The van der Waals surface area contributed by atoms with Crippen LogP contribution in [-0.2, 0) is 12.7 Å². The van der Waals surface area contributed by atoms with Crippen molar-refractivity contribution in [2.45, 2.75) is 12.7 Å². The Balaban J connectivity index is 1.41. The van der Waals surface area contributed by atoms with E-state index < -0.39 is 17.8 Å². The van der Waals surface area contributed by atoms with Gasteiger partial charge in [0.25, 0.3) is 5.91 Å². The van der Waals surface area contributed by atoms with E-state index in [1.165, 1.54) is 5.56 Å². The minimum absolute atomic E-state index is 0.0165. The number of amides is 1. The van der Waals surface area contributed by atoms with E-state index in [2.05, 4.69) is 15.0 Å². The number of carbonyl (C=O) groups excluding carboxylic acids is 1. The average Bonchev–Trinajstić information content (AvgIpc) is 3.35. The molecule has 8 nitrogen and oxygen atoms in total. The van der Waals surface area contributed by atoms with E-state index in [-0.39, 0.29) is 23.5 Å². The third kappa shape index (κ3) is 5.31. The second-order valence-corrected chi connectivity index (χ2v) is 8.84. The number of benzene rings is 2. The molecule has 1 amide bonds. The van der Waals surface area contributed by atoms with E-state index in [1.54, 1.807) is 29.2 Å². The predicted molar refractivity (Wildman–Crippen MR) is 132 cm³/mol. The highest BCUT2D eigenvalue weighted by Crippen LogP contribution is 2.33. The molecule has 0 atom stereocenters. The van der Waals surface area contributed by atoms with Crippen molar-refractivity contribution in [1.82, 2.24) is 24.4 Å². The summed E-state index contributed by atoms with van der Waals surface area (Å²) in [5.74, 6) is -0.00330. The highest BCUT2D eigenvalue weighted by molar-refractivity contribution is 6.00. The maximum absolute atomic E-state index is 14.0. The molecule has 0 aliphatic carbocycles. The lowest BCUT2D eigenvalue weighted by atomic mass is 10.1. The Kier molecular flexibility index (Phi) is 6.98. The number of aromatic nitrogens is 3. The number of ether oxygens (including phenoxy) is 1. The van der Waals surface area contributed by atoms with Crippen LogP contribution in [-0.4, -0.2) is 63.1 Å². The highest BCUT2D eigenvalue weighted by atomic mass is 19.4. The lowest BCUT2D eigenvalue weighted by Gasteiger charge is -2.34. The Morgan fingerprint density at radius 1 is 1.03 bits per heavy atom. The molecular formula is C27H23F3N6O2. The lowest BCUT2D eigenvalue weighted by molar-refractivity contribution is -0.142. The van der Waals surface area contributed by atoms with Gasteiger partial charge in [-0.15, -0.1) is 0 Å². The first-order chi connectivity index (χ1) is 18.3. The standard InChI is InChI=1S/C27H23F3N6O2/c28-27(29,30)24-16-23(20-6-8-21(9-7-20)38-15-10-31)33-25-22(17-32-36(24)25)26(37)35-13-11-34(12-14-35)18-19-4-2-1-3-5-19/h1-9,16-17H,11-15,18H2. The molecule has 1 aliphatic heterocycles. The molecule has 0 spiro atoms. The molecule has 0 N–H and O–H groups in total. The van der Waals surface area contributed by atoms with Gasteiger partial charge in [-0.25, -0.2) is 9.50 Å². The summed E-state index contributed by atoms with van der Waals surface area (Å²) >= 11 is 0. The highest BCUT2D eigenvalue weighted by Gasteiger charge is 2.36. The van der Waals surface area contributed by atoms with Gasteiger partial charge in [-0.2, -0.15) is 23.5 Å². The number of halogens is 3. The minimum Gasteiger partial charge on any atom is -0.479 e. The summed E-state index contributed by atoms with van der Waals surface area (Å²) in [5.41, 5.74) is 0.444. The lowest BCUT2D eigenvalue weighted by Crippen LogP contribution is -2.48. The van der Waals surface area contributed by atoms with E-state index in [0.717, 1.165) is 18.8 Å². The first-order valence-corrected chi connectivity index (χ1v) is 12.0. The van der Waals surface area contributed by atoms with E-state index in [0.29, 0.717) is 42.0 Å². The summed E-state index contributed by atoms with van der Waals surface area (Å²) < 4.78 is 47.8. The Morgan fingerprint density at radius 2 is 1.74 bits per heavy atom. The summed E-state index contributed by atoms with van der Waals surface area (Å²) in [7, 11) is 0. The second kappa shape index (κ2) is 10.5. The van der Waals surface area contributed by atoms with Crippen molar-refractivity contribution in [3.63, 3.8) is 0 Å². The van der Waals surface area contributed by atoms with Gasteiger partial charge >= 0.3 is 6.18 Å². The SMILES string of the molecule is N#CCOc1ccc(-c2cc(C(F)(F)F)n3ncc(C(=O)N4CCN(Cc5ccccc5)CC4)c3n2)cc1. The molecule has 2 aromatic carbocycles. The number of nitrogens with zero attached hydrogens (tertiary/aromatic N) is 6. The predicted octanol–water partition coefficient (Wildman–Crippen LogP) is 4.28. The van der Waals surface area contributed by atoms with Crippen LogP contribution < -0.4 is 4.74 Å². The Morgan fingerprint density at radius 3 is 2.39 bits per heavy atom. The quantitative estimate of drug-likeness (QED) is 0.377.